The molecule has 0 saturated carbocycles. The van der Waals surface area contributed by atoms with Crippen molar-refractivity contribution in [2.24, 2.45) is 0 Å². The lowest BCUT2D eigenvalue weighted by atomic mass is 10.1. The number of ether oxygens (including phenoxy) is 2. The number of sulfonamides is 1. The minimum atomic E-state index is -3.23. The largest absolute Gasteiger partial charge is 0.492 e. The van der Waals surface area contributed by atoms with Gasteiger partial charge in [0.15, 0.2) is 0 Å². The van der Waals surface area contributed by atoms with E-state index in [-0.39, 0.29) is 5.75 Å². The highest BCUT2D eigenvalue weighted by molar-refractivity contribution is 7.93. The summed E-state index contributed by atoms with van der Waals surface area (Å²) in [5, 5.41) is 10.9. The van der Waals surface area contributed by atoms with Crippen LogP contribution in [0.25, 0.3) is 22.2 Å². The minimum absolute atomic E-state index is 0.189. The van der Waals surface area contributed by atoms with Crippen LogP contribution in [-0.2, 0) is 21.3 Å². The van der Waals surface area contributed by atoms with Crippen LogP contribution in [0.2, 0.25) is 0 Å². The van der Waals surface area contributed by atoms with Crippen LogP contribution in [0.1, 0.15) is 18.9 Å². The van der Waals surface area contributed by atoms with Crippen molar-refractivity contribution in [3.63, 3.8) is 0 Å². The fourth-order valence-corrected chi connectivity index (χ4v) is 6.56. The molecule has 0 radical (unpaired) electrons. The summed E-state index contributed by atoms with van der Waals surface area (Å²) in [4.78, 5) is 2.33. The molecular weight excluding hydrogens is 464 g/mol. The summed E-state index contributed by atoms with van der Waals surface area (Å²) < 4.78 is 39.6. The first-order valence-corrected chi connectivity index (χ1v) is 13.7. The fourth-order valence-electron chi connectivity index (χ4n) is 4.99. The van der Waals surface area contributed by atoms with E-state index in [4.69, 9.17) is 9.47 Å². The zero-order valence-corrected chi connectivity index (χ0v) is 20.8. The number of benzene rings is 2. The Labute approximate surface area is 206 Å². The number of nitrogens with zero attached hydrogens (tertiary/aromatic N) is 4. The first-order chi connectivity index (χ1) is 17.0. The predicted molar refractivity (Wildman–Crippen MR) is 136 cm³/mol. The van der Waals surface area contributed by atoms with Crippen molar-refractivity contribution in [1.82, 2.24) is 9.47 Å². The van der Waals surface area contributed by atoms with Crippen LogP contribution in [-0.4, -0.2) is 69.6 Å². The number of fused-ring (bicyclic) bond motifs is 1. The molecule has 0 unspecified atom stereocenters. The maximum absolute atomic E-state index is 12.3. The Kier molecular flexibility index (Phi) is 6.69. The number of aryl methyl sites for hydroxylation is 1. The van der Waals surface area contributed by atoms with E-state index in [0.29, 0.717) is 37.4 Å². The molecule has 0 N–H and O–H groups in total. The van der Waals surface area contributed by atoms with Crippen molar-refractivity contribution < 1.29 is 17.9 Å². The van der Waals surface area contributed by atoms with Gasteiger partial charge >= 0.3 is 0 Å². The standard InChI is InChI=1S/C26H30N4O4S/c1-2-29-25-18-22(34-16-13-28-11-14-33-15-12-28)8-9-23(25)24(19-27)26(29)20-4-6-21(7-5-20)30-10-3-17-35(30,31)32/h4-9,18H,2-3,10-17H2,1H3. The average Bonchev–Trinajstić information content (AvgIpc) is 3.40. The second kappa shape index (κ2) is 9.90. The molecule has 3 aromatic rings. The van der Waals surface area contributed by atoms with Gasteiger partial charge in [0.2, 0.25) is 10.0 Å². The molecule has 184 valence electrons. The van der Waals surface area contributed by atoms with Crippen molar-refractivity contribution in [3.8, 4) is 23.1 Å². The van der Waals surface area contributed by atoms with Crippen LogP contribution in [0.15, 0.2) is 42.5 Å². The van der Waals surface area contributed by atoms with Gasteiger partial charge in [0.05, 0.1) is 41.4 Å². The molecule has 1 aromatic heterocycles. The van der Waals surface area contributed by atoms with Crippen LogP contribution in [0, 0.1) is 11.3 Å². The Balaban J connectivity index is 1.43. The molecule has 9 heteroatoms. The maximum atomic E-state index is 12.3. The number of hydrogen-bond acceptors (Lipinski definition) is 6. The Bertz CT molecular complexity index is 1350. The Morgan fingerprint density at radius 2 is 1.86 bits per heavy atom. The normalized spacial score (nSPS) is 18.1. The van der Waals surface area contributed by atoms with Gasteiger partial charge in [-0.15, -0.1) is 0 Å². The Morgan fingerprint density at radius 3 is 2.51 bits per heavy atom. The molecule has 0 bridgehead atoms. The minimum Gasteiger partial charge on any atom is -0.492 e. The molecule has 35 heavy (non-hydrogen) atoms. The van der Waals surface area contributed by atoms with Crippen LogP contribution in [0.4, 0.5) is 5.69 Å². The topological polar surface area (TPSA) is 87.8 Å². The van der Waals surface area contributed by atoms with Gasteiger partial charge in [-0.05, 0) is 43.2 Å². The van der Waals surface area contributed by atoms with Gasteiger partial charge in [0, 0.05) is 44.2 Å². The van der Waals surface area contributed by atoms with Gasteiger partial charge in [0.1, 0.15) is 18.4 Å². The number of aromatic nitrogens is 1. The first kappa shape index (κ1) is 23.7. The zero-order chi connectivity index (χ0) is 24.4. The highest BCUT2D eigenvalue weighted by Crippen LogP contribution is 2.36. The van der Waals surface area contributed by atoms with E-state index in [9.17, 15) is 13.7 Å². The molecule has 2 saturated heterocycles. The van der Waals surface area contributed by atoms with Crippen LogP contribution in [0.3, 0.4) is 0 Å². The molecule has 0 amide bonds. The van der Waals surface area contributed by atoms with Gasteiger partial charge in [-0.1, -0.05) is 12.1 Å². The van der Waals surface area contributed by atoms with Gasteiger partial charge in [-0.3, -0.25) is 9.21 Å². The predicted octanol–water partition coefficient (Wildman–Crippen LogP) is 3.45. The summed E-state index contributed by atoms with van der Waals surface area (Å²) in [6, 6.07) is 15.8. The highest BCUT2D eigenvalue weighted by atomic mass is 32.2. The third-order valence-corrected chi connectivity index (χ3v) is 8.64. The van der Waals surface area contributed by atoms with E-state index < -0.39 is 10.0 Å². The van der Waals surface area contributed by atoms with Crippen molar-refractivity contribution in [1.29, 1.82) is 5.26 Å². The number of rotatable bonds is 7. The van der Waals surface area contributed by atoms with Crippen molar-refractivity contribution in [2.45, 2.75) is 19.9 Å². The number of hydrogen-bond donors (Lipinski definition) is 0. The van der Waals surface area contributed by atoms with Crippen LogP contribution >= 0.6 is 0 Å². The summed E-state index contributed by atoms with van der Waals surface area (Å²) >= 11 is 0. The summed E-state index contributed by atoms with van der Waals surface area (Å²) in [7, 11) is -3.23. The van der Waals surface area contributed by atoms with Gasteiger partial charge in [-0.25, -0.2) is 8.42 Å². The molecule has 2 fully saturated rings. The molecule has 2 aliphatic heterocycles. The highest BCUT2D eigenvalue weighted by Gasteiger charge is 2.28. The summed E-state index contributed by atoms with van der Waals surface area (Å²) in [6.45, 7) is 8.09. The molecule has 0 atom stereocenters. The van der Waals surface area contributed by atoms with Gasteiger partial charge in [0.25, 0.3) is 0 Å². The molecule has 2 aliphatic rings. The molecule has 2 aromatic carbocycles. The quantitative estimate of drug-likeness (QED) is 0.500. The molecule has 5 rings (SSSR count). The van der Waals surface area contributed by atoms with Gasteiger partial charge < -0.3 is 14.0 Å². The monoisotopic (exact) mass is 494 g/mol. The van der Waals surface area contributed by atoms with E-state index in [1.807, 2.05) is 42.5 Å². The molecule has 0 aliphatic carbocycles. The lowest BCUT2D eigenvalue weighted by Crippen LogP contribution is -2.38. The van der Waals surface area contributed by atoms with Gasteiger partial charge in [-0.2, -0.15) is 5.26 Å². The fraction of sp³-hybridized carbons (Fsp3) is 0.423. The average molecular weight is 495 g/mol. The Hall–Kier alpha value is -3.06. The second-order valence-electron chi connectivity index (χ2n) is 8.85. The van der Waals surface area contributed by atoms with Crippen LogP contribution in [0.5, 0.6) is 5.75 Å². The van der Waals surface area contributed by atoms with Crippen LogP contribution < -0.4 is 9.04 Å². The molecular formula is C26H30N4O4S. The lowest BCUT2D eigenvalue weighted by molar-refractivity contribution is 0.0322. The molecule has 0 spiro atoms. The zero-order valence-electron chi connectivity index (χ0n) is 19.9. The number of anilines is 1. The third kappa shape index (κ3) is 4.61. The smallest absolute Gasteiger partial charge is 0.235 e. The van der Waals surface area contributed by atoms with E-state index in [2.05, 4.69) is 22.5 Å². The maximum Gasteiger partial charge on any atom is 0.235 e. The summed E-state index contributed by atoms with van der Waals surface area (Å²) in [6.07, 6.45) is 0.642. The van der Waals surface area contributed by atoms with Crippen molar-refractivity contribution in [2.75, 3.05) is 56.1 Å². The molecule has 3 heterocycles. The lowest BCUT2D eigenvalue weighted by Gasteiger charge is -2.26. The van der Waals surface area contributed by atoms with E-state index in [0.717, 1.165) is 60.8 Å². The van der Waals surface area contributed by atoms with Crippen molar-refractivity contribution in [3.05, 3.63) is 48.0 Å². The molecule has 8 nitrogen and oxygen atoms in total. The number of morpholine rings is 1. The summed E-state index contributed by atoms with van der Waals surface area (Å²) in [5.74, 6) is 0.970. The first-order valence-electron chi connectivity index (χ1n) is 12.1. The number of nitriles is 1. The van der Waals surface area contributed by atoms with E-state index >= 15 is 0 Å². The summed E-state index contributed by atoms with van der Waals surface area (Å²) in [5.41, 5.74) is 3.96. The Morgan fingerprint density at radius 1 is 1.09 bits per heavy atom. The van der Waals surface area contributed by atoms with E-state index in [1.54, 1.807) is 0 Å². The SMILES string of the molecule is CCn1c(-c2ccc(N3CCCS3(=O)=O)cc2)c(C#N)c2ccc(OCCN3CCOCC3)cc21. The van der Waals surface area contributed by atoms with Crippen molar-refractivity contribution >= 4 is 26.6 Å². The second-order valence-corrected chi connectivity index (χ2v) is 10.9. The van der Waals surface area contributed by atoms with E-state index in [1.165, 1.54) is 4.31 Å². The third-order valence-electron chi connectivity index (χ3n) is 6.77.